The molecule has 6 heteroatoms. The second kappa shape index (κ2) is 6.83. The van der Waals surface area contributed by atoms with E-state index in [-0.39, 0.29) is 10.6 Å². The molecule has 1 aromatic carbocycles. The van der Waals surface area contributed by atoms with Crippen LogP contribution in [0.1, 0.15) is 25.7 Å². The Morgan fingerprint density at radius 2 is 1.95 bits per heavy atom. The van der Waals surface area contributed by atoms with Crippen LogP contribution in [0.2, 0.25) is 0 Å². The van der Waals surface area contributed by atoms with Gasteiger partial charge in [0.25, 0.3) is 5.69 Å². The maximum atomic E-state index is 11.0. The minimum Gasteiger partial charge on any atom is -0.388 e. The maximum absolute atomic E-state index is 11.0. The number of hydrogen-bond acceptors (Lipinski definition) is 5. The first-order chi connectivity index (χ1) is 9.63. The molecule has 2 unspecified atom stereocenters. The van der Waals surface area contributed by atoms with Gasteiger partial charge in [-0.15, -0.1) is 0 Å². The fraction of sp³-hybridized carbons (Fsp3) is 0.571. The third-order valence-electron chi connectivity index (χ3n) is 3.77. The van der Waals surface area contributed by atoms with Crippen LogP contribution in [0.25, 0.3) is 0 Å². The largest absolute Gasteiger partial charge is 0.388 e. The van der Waals surface area contributed by atoms with Crippen LogP contribution in [0.3, 0.4) is 0 Å². The maximum Gasteiger partial charge on any atom is 0.273 e. The van der Waals surface area contributed by atoms with Crippen LogP contribution < -0.4 is 10.6 Å². The Hall–Kier alpha value is -1.43. The molecule has 0 aromatic heterocycles. The van der Waals surface area contributed by atoms with Gasteiger partial charge in [-0.1, -0.05) is 12.8 Å². The Morgan fingerprint density at radius 3 is 2.60 bits per heavy atom. The zero-order valence-electron chi connectivity index (χ0n) is 11.9. The van der Waals surface area contributed by atoms with E-state index in [1.807, 2.05) is 17.8 Å². The van der Waals surface area contributed by atoms with Crippen LogP contribution in [0.5, 0.6) is 0 Å². The van der Waals surface area contributed by atoms with Gasteiger partial charge in [0.2, 0.25) is 0 Å². The van der Waals surface area contributed by atoms with Crippen molar-refractivity contribution in [2.24, 2.45) is 0 Å². The minimum atomic E-state index is -0.348. The molecule has 0 bridgehead atoms. The lowest BCUT2D eigenvalue weighted by atomic mass is 9.94. The molecule has 2 atom stereocenters. The van der Waals surface area contributed by atoms with Crippen molar-refractivity contribution in [1.82, 2.24) is 0 Å². The molecule has 1 aliphatic rings. The van der Waals surface area contributed by atoms with Crippen LogP contribution in [0.4, 0.5) is 17.1 Å². The van der Waals surface area contributed by atoms with E-state index in [9.17, 15) is 10.1 Å². The lowest BCUT2D eigenvalue weighted by molar-refractivity contribution is -0.384. The summed E-state index contributed by atoms with van der Waals surface area (Å²) in [5, 5.41) is 18.0. The highest BCUT2D eigenvalue weighted by molar-refractivity contribution is 7.99. The lowest BCUT2D eigenvalue weighted by Gasteiger charge is -2.31. The summed E-state index contributed by atoms with van der Waals surface area (Å²) < 4.78 is 0. The van der Waals surface area contributed by atoms with Gasteiger partial charge in [-0.25, -0.2) is 0 Å². The molecule has 2 N–H and O–H groups in total. The van der Waals surface area contributed by atoms with Gasteiger partial charge in [0, 0.05) is 41.8 Å². The quantitative estimate of drug-likeness (QED) is 0.640. The SMILES string of the molecule is CNc1cc(NC2CCCCC2SC)cc([N+](=O)[O-])c1. The highest BCUT2D eigenvalue weighted by Gasteiger charge is 2.24. The third kappa shape index (κ3) is 3.56. The molecule has 0 amide bonds. The van der Waals surface area contributed by atoms with Gasteiger partial charge in [0.05, 0.1) is 4.92 Å². The number of hydrogen-bond donors (Lipinski definition) is 2. The smallest absolute Gasteiger partial charge is 0.273 e. The molecule has 0 spiro atoms. The van der Waals surface area contributed by atoms with Crippen molar-refractivity contribution in [3.05, 3.63) is 28.3 Å². The van der Waals surface area contributed by atoms with Crippen molar-refractivity contribution in [1.29, 1.82) is 0 Å². The number of nitrogens with one attached hydrogen (secondary N) is 2. The van der Waals surface area contributed by atoms with E-state index in [0.29, 0.717) is 11.3 Å². The number of thioether (sulfide) groups is 1. The molecular formula is C14H21N3O2S. The first-order valence-electron chi connectivity index (χ1n) is 6.90. The van der Waals surface area contributed by atoms with E-state index in [1.165, 1.54) is 19.3 Å². The monoisotopic (exact) mass is 295 g/mol. The number of nitro groups is 1. The van der Waals surface area contributed by atoms with Gasteiger partial charge in [-0.2, -0.15) is 11.8 Å². The molecule has 5 nitrogen and oxygen atoms in total. The second-order valence-corrected chi connectivity index (χ2v) is 6.16. The highest BCUT2D eigenvalue weighted by atomic mass is 32.2. The Morgan fingerprint density at radius 1 is 1.25 bits per heavy atom. The van der Waals surface area contributed by atoms with Gasteiger partial charge < -0.3 is 10.6 Å². The number of nitro benzene ring substituents is 1. The van der Waals surface area contributed by atoms with Crippen molar-refractivity contribution >= 4 is 28.8 Å². The molecule has 1 aromatic rings. The summed E-state index contributed by atoms with van der Waals surface area (Å²) in [4.78, 5) is 10.6. The van der Waals surface area contributed by atoms with E-state index >= 15 is 0 Å². The molecule has 1 fully saturated rings. The Bertz CT molecular complexity index is 481. The van der Waals surface area contributed by atoms with Crippen LogP contribution >= 0.6 is 11.8 Å². The Kier molecular flexibility index (Phi) is 5.11. The molecule has 1 aliphatic carbocycles. The summed E-state index contributed by atoms with van der Waals surface area (Å²) in [6, 6.07) is 5.50. The van der Waals surface area contributed by atoms with Gasteiger partial charge in [-0.05, 0) is 25.2 Å². The molecule has 0 aliphatic heterocycles. The molecule has 0 radical (unpaired) electrons. The van der Waals surface area contributed by atoms with Crippen LogP contribution in [-0.4, -0.2) is 29.5 Å². The predicted octanol–water partition coefficient (Wildman–Crippen LogP) is 3.72. The van der Waals surface area contributed by atoms with Crippen molar-refractivity contribution < 1.29 is 4.92 Å². The fourth-order valence-electron chi connectivity index (χ4n) is 2.70. The Balaban J connectivity index is 2.18. The summed E-state index contributed by atoms with van der Waals surface area (Å²) >= 11 is 1.88. The molecule has 2 rings (SSSR count). The van der Waals surface area contributed by atoms with Gasteiger partial charge in [0.1, 0.15) is 0 Å². The highest BCUT2D eigenvalue weighted by Crippen LogP contribution is 2.31. The van der Waals surface area contributed by atoms with Crippen LogP contribution in [-0.2, 0) is 0 Å². The summed E-state index contributed by atoms with van der Waals surface area (Å²) in [6.07, 6.45) is 6.98. The molecule has 1 saturated carbocycles. The standard InChI is InChI=1S/C14H21N3O2S/c1-15-10-7-11(9-12(8-10)17(18)19)16-13-5-3-4-6-14(13)20-2/h7-9,13-16H,3-6H2,1-2H3. The topological polar surface area (TPSA) is 67.2 Å². The van der Waals surface area contributed by atoms with Crippen molar-refractivity contribution in [2.45, 2.75) is 37.0 Å². The first-order valence-corrected chi connectivity index (χ1v) is 8.19. The van der Waals surface area contributed by atoms with E-state index < -0.39 is 0 Å². The van der Waals surface area contributed by atoms with E-state index in [0.717, 1.165) is 17.8 Å². The summed E-state index contributed by atoms with van der Waals surface area (Å²) in [5.41, 5.74) is 1.71. The molecule has 0 heterocycles. The summed E-state index contributed by atoms with van der Waals surface area (Å²) in [5.74, 6) is 0. The minimum absolute atomic E-state index is 0.121. The third-order valence-corrected chi connectivity index (χ3v) is 4.94. The normalized spacial score (nSPS) is 22.3. The number of benzene rings is 1. The first kappa shape index (κ1) is 15.0. The van der Waals surface area contributed by atoms with Gasteiger partial charge in [-0.3, -0.25) is 10.1 Å². The fourth-order valence-corrected chi connectivity index (χ4v) is 3.64. The van der Waals surface area contributed by atoms with Gasteiger partial charge in [0.15, 0.2) is 0 Å². The number of anilines is 2. The van der Waals surface area contributed by atoms with E-state index in [1.54, 1.807) is 19.2 Å². The molecule has 110 valence electrons. The van der Waals surface area contributed by atoms with Crippen molar-refractivity contribution in [2.75, 3.05) is 23.9 Å². The molecular weight excluding hydrogens is 274 g/mol. The van der Waals surface area contributed by atoms with Crippen LogP contribution in [0, 0.1) is 10.1 Å². The Labute approximate surface area is 123 Å². The number of rotatable bonds is 5. The lowest BCUT2D eigenvalue weighted by Crippen LogP contribution is -2.34. The average molecular weight is 295 g/mol. The molecule has 20 heavy (non-hydrogen) atoms. The van der Waals surface area contributed by atoms with E-state index in [2.05, 4.69) is 16.9 Å². The average Bonchev–Trinajstić information content (AvgIpc) is 2.47. The second-order valence-electron chi connectivity index (χ2n) is 5.09. The van der Waals surface area contributed by atoms with Gasteiger partial charge >= 0.3 is 0 Å². The summed E-state index contributed by atoms with van der Waals surface area (Å²) in [6.45, 7) is 0. The van der Waals surface area contributed by atoms with Crippen molar-refractivity contribution in [3.63, 3.8) is 0 Å². The zero-order valence-corrected chi connectivity index (χ0v) is 12.7. The summed E-state index contributed by atoms with van der Waals surface area (Å²) in [7, 11) is 1.77. The molecule has 0 saturated heterocycles. The number of non-ortho nitro benzene ring substituents is 1. The van der Waals surface area contributed by atoms with E-state index in [4.69, 9.17) is 0 Å². The zero-order chi connectivity index (χ0) is 14.5. The predicted molar refractivity (Wildman–Crippen MR) is 85.8 cm³/mol. The van der Waals surface area contributed by atoms with Crippen molar-refractivity contribution in [3.8, 4) is 0 Å². The number of nitrogens with zero attached hydrogens (tertiary/aromatic N) is 1. The van der Waals surface area contributed by atoms with Crippen LogP contribution in [0.15, 0.2) is 18.2 Å².